The molecule has 8 nitrogen and oxygen atoms in total. The zero-order valence-electron chi connectivity index (χ0n) is 12.8. The number of thiophene rings is 1. The van der Waals surface area contributed by atoms with Crippen molar-refractivity contribution in [2.24, 2.45) is 5.92 Å². The summed E-state index contributed by atoms with van der Waals surface area (Å²) in [7, 11) is 0. The molecule has 24 heavy (non-hydrogen) atoms. The first kappa shape index (κ1) is 16.2. The summed E-state index contributed by atoms with van der Waals surface area (Å²) in [5.41, 5.74) is 6.26. The van der Waals surface area contributed by atoms with E-state index in [1.165, 1.54) is 17.5 Å². The van der Waals surface area contributed by atoms with E-state index < -0.39 is 11.9 Å². The Hall–Kier alpha value is -2.68. The third kappa shape index (κ3) is 3.46. The van der Waals surface area contributed by atoms with Gasteiger partial charge in [-0.05, 0) is 17.5 Å². The highest BCUT2D eigenvalue weighted by molar-refractivity contribution is 7.08. The normalized spacial score (nSPS) is 18.2. The summed E-state index contributed by atoms with van der Waals surface area (Å²) in [5, 5.41) is 13.1. The van der Waals surface area contributed by atoms with Crippen molar-refractivity contribution < 1.29 is 14.7 Å². The molecule has 1 aliphatic rings. The number of hydrogen-bond donors (Lipinski definition) is 2. The van der Waals surface area contributed by atoms with Gasteiger partial charge in [0.05, 0.1) is 11.5 Å². The lowest BCUT2D eigenvalue weighted by molar-refractivity contribution is -0.141. The molecule has 0 spiro atoms. The number of amides is 1. The number of hydrogen-bond acceptors (Lipinski definition) is 7. The van der Waals surface area contributed by atoms with Gasteiger partial charge in [0.2, 0.25) is 5.95 Å². The molecule has 1 aliphatic heterocycles. The van der Waals surface area contributed by atoms with Crippen LogP contribution in [-0.2, 0) is 4.79 Å². The molecule has 0 saturated carbocycles. The molecular formula is C15H17N5O3S. The Labute approximate surface area is 142 Å². The monoisotopic (exact) mass is 347 g/mol. The van der Waals surface area contributed by atoms with Crippen LogP contribution in [0.25, 0.3) is 0 Å². The Morgan fingerprint density at radius 2 is 2.12 bits per heavy atom. The lowest BCUT2D eigenvalue weighted by Crippen LogP contribution is -2.37. The number of rotatable bonds is 3. The molecular weight excluding hydrogens is 330 g/mol. The minimum absolute atomic E-state index is 0.155. The quantitative estimate of drug-likeness (QED) is 0.843. The molecule has 3 rings (SSSR count). The predicted molar refractivity (Wildman–Crippen MR) is 90.0 cm³/mol. The molecule has 3 heterocycles. The van der Waals surface area contributed by atoms with Crippen LogP contribution in [0.4, 0.5) is 11.8 Å². The first-order valence-corrected chi connectivity index (χ1v) is 8.36. The van der Waals surface area contributed by atoms with Gasteiger partial charge in [-0.15, -0.1) is 0 Å². The Bertz CT molecular complexity index is 736. The minimum Gasteiger partial charge on any atom is -0.481 e. The summed E-state index contributed by atoms with van der Waals surface area (Å²) < 4.78 is 0. The number of nitrogens with zero attached hydrogens (tertiary/aromatic N) is 4. The fourth-order valence-electron chi connectivity index (χ4n) is 2.62. The zero-order valence-corrected chi connectivity index (χ0v) is 13.6. The molecule has 1 saturated heterocycles. The van der Waals surface area contributed by atoms with Crippen LogP contribution in [0.1, 0.15) is 10.4 Å². The van der Waals surface area contributed by atoms with Crippen molar-refractivity contribution in [2.45, 2.75) is 0 Å². The van der Waals surface area contributed by atoms with Gasteiger partial charge in [-0.3, -0.25) is 9.59 Å². The predicted octanol–water partition coefficient (Wildman–Crippen LogP) is 0.784. The van der Waals surface area contributed by atoms with Gasteiger partial charge in [-0.1, -0.05) is 0 Å². The molecule has 0 radical (unpaired) electrons. The van der Waals surface area contributed by atoms with E-state index in [2.05, 4.69) is 9.97 Å². The summed E-state index contributed by atoms with van der Waals surface area (Å²) in [6.07, 6.45) is 1.53. The number of aromatic nitrogens is 2. The Morgan fingerprint density at radius 3 is 2.79 bits per heavy atom. The van der Waals surface area contributed by atoms with Crippen LogP contribution in [0.15, 0.2) is 29.1 Å². The van der Waals surface area contributed by atoms with Crippen LogP contribution < -0.4 is 10.6 Å². The van der Waals surface area contributed by atoms with E-state index >= 15 is 0 Å². The number of carbonyl (C=O) groups is 2. The summed E-state index contributed by atoms with van der Waals surface area (Å²) in [5.74, 6) is -1.12. The van der Waals surface area contributed by atoms with Crippen molar-refractivity contribution >= 4 is 35.0 Å². The Balaban J connectivity index is 1.82. The van der Waals surface area contributed by atoms with Gasteiger partial charge in [0, 0.05) is 37.8 Å². The summed E-state index contributed by atoms with van der Waals surface area (Å²) >= 11 is 1.44. The van der Waals surface area contributed by atoms with Crippen LogP contribution in [-0.4, -0.2) is 58.0 Å². The average molecular weight is 347 g/mol. The van der Waals surface area contributed by atoms with Gasteiger partial charge in [0.15, 0.2) is 0 Å². The van der Waals surface area contributed by atoms with Crippen LogP contribution in [0.3, 0.4) is 0 Å². The number of carboxylic acids is 1. The second-order valence-electron chi connectivity index (χ2n) is 5.53. The van der Waals surface area contributed by atoms with Gasteiger partial charge in [0.1, 0.15) is 5.82 Å². The number of nitrogen functional groups attached to an aromatic ring is 1. The van der Waals surface area contributed by atoms with Crippen molar-refractivity contribution in [3.8, 4) is 0 Å². The van der Waals surface area contributed by atoms with E-state index in [0.29, 0.717) is 30.4 Å². The molecule has 1 atom stereocenters. The number of aliphatic carboxylic acids is 1. The van der Waals surface area contributed by atoms with Crippen molar-refractivity contribution in [3.63, 3.8) is 0 Å². The lowest BCUT2D eigenvalue weighted by atomic mass is 10.1. The third-order valence-electron chi connectivity index (χ3n) is 3.87. The lowest BCUT2D eigenvalue weighted by Gasteiger charge is -2.21. The van der Waals surface area contributed by atoms with Crippen LogP contribution >= 0.6 is 11.3 Å². The molecule has 0 bridgehead atoms. The second-order valence-corrected chi connectivity index (χ2v) is 6.31. The van der Waals surface area contributed by atoms with E-state index in [4.69, 9.17) is 5.73 Å². The zero-order chi connectivity index (χ0) is 17.1. The van der Waals surface area contributed by atoms with E-state index in [-0.39, 0.29) is 19.0 Å². The maximum Gasteiger partial charge on any atom is 0.310 e. The van der Waals surface area contributed by atoms with Gasteiger partial charge in [0.25, 0.3) is 5.91 Å². The molecule has 1 fully saturated rings. The van der Waals surface area contributed by atoms with E-state index in [9.17, 15) is 14.7 Å². The van der Waals surface area contributed by atoms with E-state index in [1.807, 2.05) is 5.38 Å². The average Bonchev–Trinajstić information content (AvgIpc) is 2.99. The highest BCUT2D eigenvalue weighted by atomic mass is 32.1. The van der Waals surface area contributed by atoms with Gasteiger partial charge in [-0.2, -0.15) is 16.3 Å². The van der Waals surface area contributed by atoms with E-state index in [1.54, 1.807) is 27.3 Å². The fraction of sp³-hybridized carbons (Fsp3) is 0.333. The van der Waals surface area contributed by atoms with Crippen LogP contribution in [0.2, 0.25) is 0 Å². The molecule has 126 valence electrons. The summed E-state index contributed by atoms with van der Waals surface area (Å²) in [6, 6.07) is 3.31. The number of carbonyl (C=O) groups excluding carboxylic acids is 1. The number of nitrogens with two attached hydrogens (primary N) is 1. The largest absolute Gasteiger partial charge is 0.481 e. The fourth-order valence-corrected chi connectivity index (χ4v) is 3.25. The van der Waals surface area contributed by atoms with Crippen molar-refractivity contribution in [2.75, 3.05) is 36.8 Å². The molecule has 2 aromatic rings. The van der Waals surface area contributed by atoms with Crippen LogP contribution in [0, 0.1) is 5.92 Å². The van der Waals surface area contributed by atoms with Crippen molar-refractivity contribution in [1.29, 1.82) is 0 Å². The first-order valence-electron chi connectivity index (χ1n) is 7.42. The molecule has 2 aromatic heterocycles. The third-order valence-corrected chi connectivity index (χ3v) is 4.56. The van der Waals surface area contributed by atoms with Gasteiger partial charge in [-0.25, -0.2) is 4.98 Å². The first-order chi connectivity index (χ1) is 11.5. The molecule has 0 unspecified atom stereocenters. The molecule has 0 aliphatic carbocycles. The highest BCUT2D eigenvalue weighted by Gasteiger charge is 2.31. The molecule has 0 aromatic carbocycles. The Morgan fingerprint density at radius 1 is 1.29 bits per heavy atom. The van der Waals surface area contributed by atoms with Crippen molar-refractivity contribution in [1.82, 2.24) is 14.9 Å². The molecule has 1 amide bonds. The maximum absolute atomic E-state index is 12.5. The molecule has 3 N–H and O–H groups in total. The van der Waals surface area contributed by atoms with Crippen LogP contribution in [0.5, 0.6) is 0 Å². The topological polar surface area (TPSA) is 113 Å². The highest BCUT2D eigenvalue weighted by Crippen LogP contribution is 2.18. The summed E-state index contributed by atoms with van der Waals surface area (Å²) in [6.45, 7) is 1.23. The maximum atomic E-state index is 12.5. The molecule has 9 heteroatoms. The van der Waals surface area contributed by atoms with Gasteiger partial charge < -0.3 is 20.6 Å². The number of carboxylic acid groups (broad SMARTS) is 1. The van der Waals surface area contributed by atoms with Gasteiger partial charge >= 0.3 is 5.97 Å². The minimum atomic E-state index is -0.950. The second kappa shape index (κ2) is 6.83. The van der Waals surface area contributed by atoms with Crippen molar-refractivity contribution in [3.05, 3.63) is 34.7 Å². The van der Waals surface area contributed by atoms with E-state index in [0.717, 1.165) is 0 Å². The Kier molecular flexibility index (Phi) is 4.61. The number of anilines is 2. The SMILES string of the molecule is Nc1ccnc(N2CCN(C(=O)c3ccsc3)C[C@@H](C(=O)O)C2)n1. The standard InChI is InChI=1S/C15H17N5O3S/c16-12-1-3-17-15(18-12)20-5-4-19(7-11(8-20)14(22)23)13(21)10-2-6-24-9-10/h1-3,6,9,11H,4-5,7-8H2,(H,22,23)(H2,16,17,18)/t11-/m1/s1. The summed E-state index contributed by atoms with van der Waals surface area (Å²) in [4.78, 5) is 35.8. The smallest absolute Gasteiger partial charge is 0.310 e.